The average molecular weight is 745 g/mol. The second-order valence-electron chi connectivity index (χ2n) is 15.7. The number of nitrogens with one attached hydrogen (secondary N) is 1. The molecular weight excluding hydrogens is 693 g/mol. The Morgan fingerprint density at radius 2 is 1.71 bits per heavy atom. The van der Waals surface area contributed by atoms with Crippen LogP contribution in [0.25, 0.3) is 0 Å². The minimum atomic E-state index is -0.647. The number of carbonyl (C=O) groups is 3. The predicted octanol–water partition coefficient (Wildman–Crippen LogP) is 6.36. The smallest absolute Gasteiger partial charge is 0.258 e. The van der Waals surface area contributed by atoms with Gasteiger partial charge in [0.1, 0.15) is 23.3 Å². The van der Waals surface area contributed by atoms with Gasteiger partial charge in [0.05, 0.1) is 19.3 Å². The van der Waals surface area contributed by atoms with E-state index < -0.39 is 11.9 Å². The van der Waals surface area contributed by atoms with E-state index >= 15 is 0 Å². The Labute approximate surface area is 323 Å². The SMILES string of the molecule is COc1cc(N2CCN(CCCCCOc3ccc([C@@H]4c5ccc(O)cc5CC[C@@H]4C4C=CC=CC4)cc3)CC2)cc2c1C(=O)N(C1CCC(=O)NC1=O)C2. The van der Waals surface area contributed by atoms with Crippen LogP contribution < -0.4 is 19.7 Å². The van der Waals surface area contributed by atoms with Gasteiger partial charge in [0, 0.05) is 56.8 Å². The number of nitrogens with zero attached hydrogens (tertiary/aromatic N) is 3. The summed E-state index contributed by atoms with van der Waals surface area (Å²) in [5.74, 6) is 2.20. The number of hydrogen-bond donors (Lipinski definition) is 2. The maximum atomic E-state index is 13.4. The number of amides is 3. The normalized spacial score (nSPS) is 23.8. The average Bonchev–Trinajstić information content (AvgIpc) is 3.54. The van der Waals surface area contributed by atoms with Crippen LogP contribution in [0.15, 0.2) is 78.9 Å². The molecular formula is C45H52N4O6. The molecule has 2 N–H and O–H groups in total. The number of piperazine rings is 1. The van der Waals surface area contributed by atoms with Gasteiger partial charge in [0.15, 0.2) is 0 Å². The summed E-state index contributed by atoms with van der Waals surface area (Å²) >= 11 is 0. The number of fused-ring (bicyclic) bond motifs is 2. The van der Waals surface area contributed by atoms with Crippen molar-refractivity contribution in [3.63, 3.8) is 0 Å². The summed E-state index contributed by atoms with van der Waals surface area (Å²) in [6.45, 7) is 5.78. The third kappa shape index (κ3) is 7.87. The zero-order valence-corrected chi connectivity index (χ0v) is 31.8. The number of aromatic hydroxyl groups is 1. The van der Waals surface area contributed by atoms with Crippen LogP contribution in [0.3, 0.4) is 0 Å². The summed E-state index contributed by atoms with van der Waals surface area (Å²) in [5, 5.41) is 12.5. The first-order valence-electron chi connectivity index (χ1n) is 20.1. The number of imide groups is 1. The predicted molar refractivity (Wildman–Crippen MR) is 212 cm³/mol. The molecule has 2 saturated heterocycles. The molecule has 3 aliphatic heterocycles. The minimum absolute atomic E-state index is 0.218. The molecule has 5 aliphatic rings. The highest BCUT2D eigenvalue weighted by Gasteiger charge is 2.41. The van der Waals surface area contributed by atoms with Gasteiger partial charge in [-0.3, -0.25) is 24.6 Å². The molecule has 10 nitrogen and oxygen atoms in total. The zero-order chi connectivity index (χ0) is 37.9. The second kappa shape index (κ2) is 16.3. The van der Waals surface area contributed by atoms with Gasteiger partial charge in [-0.2, -0.15) is 0 Å². The van der Waals surface area contributed by atoms with Crippen LogP contribution in [0.5, 0.6) is 17.2 Å². The minimum Gasteiger partial charge on any atom is -0.508 e. The molecule has 2 unspecified atom stereocenters. The molecule has 3 aromatic rings. The molecule has 3 amide bonds. The molecule has 0 bridgehead atoms. The van der Waals surface area contributed by atoms with Crippen molar-refractivity contribution >= 4 is 23.4 Å². The molecule has 2 aliphatic carbocycles. The van der Waals surface area contributed by atoms with Gasteiger partial charge < -0.3 is 24.4 Å². The Bertz CT molecular complexity index is 1970. The number of piperidine rings is 1. The number of hydrogen-bond acceptors (Lipinski definition) is 8. The number of methoxy groups -OCH3 is 1. The Kier molecular flexibility index (Phi) is 10.9. The van der Waals surface area contributed by atoms with Crippen molar-refractivity contribution in [2.75, 3.05) is 51.3 Å². The molecule has 0 aromatic heterocycles. The van der Waals surface area contributed by atoms with E-state index in [-0.39, 0.29) is 18.2 Å². The van der Waals surface area contributed by atoms with Crippen molar-refractivity contribution in [3.8, 4) is 17.2 Å². The van der Waals surface area contributed by atoms with E-state index in [1.54, 1.807) is 12.0 Å². The van der Waals surface area contributed by atoms with Gasteiger partial charge in [0.25, 0.3) is 5.91 Å². The van der Waals surface area contributed by atoms with Crippen LogP contribution in [0.2, 0.25) is 0 Å². The fraction of sp³-hybridized carbons (Fsp3) is 0.444. The number of allylic oxidation sites excluding steroid dienone is 4. The Balaban J connectivity index is 0.787. The first kappa shape index (κ1) is 36.9. The van der Waals surface area contributed by atoms with Crippen molar-refractivity contribution in [2.45, 2.75) is 69.9 Å². The van der Waals surface area contributed by atoms with Crippen LogP contribution in [0, 0.1) is 11.8 Å². The first-order chi connectivity index (χ1) is 26.9. The largest absolute Gasteiger partial charge is 0.508 e. The molecule has 3 aromatic carbocycles. The molecule has 8 rings (SSSR count). The summed E-state index contributed by atoms with van der Waals surface area (Å²) < 4.78 is 11.9. The fourth-order valence-electron chi connectivity index (χ4n) is 9.44. The van der Waals surface area contributed by atoms with Crippen molar-refractivity contribution in [3.05, 3.63) is 107 Å². The quantitative estimate of drug-likeness (QED) is 0.163. The van der Waals surface area contributed by atoms with E-state index in [9.17, 15) is 19.5 Å². The highest BCUT2D eigenvalue weighted by molar-refractivity contribution is 6.06. The number of phenols is 1. The van der Waals surface area contributed by atoms with Crippen molar-refractivity contribution in [2.24, 2.45) is 11.8 Å². The molecule has 0 radical (unpaired) electrons. The Morgan fingerprint density at radius 3 is 2.47 bits per heavy atom. The lowest BCUT2D eigenvalue weighted by Gasteiger charge is -2.38. The number of ether oxygens (including phenoxy) is 2. The molecule has 0 spiro atoms. The Morgan fingerprint density at radius 1 is 0.873 bits per heavy atom. The van der Waals surface area contributed by atoms with Crippen molar-refractivity contribution in [1.82, 2.24) is 15.1 Å². The third-order valence-corrected chi connectivity index (χ3v) is 12.4. The van der Waals surface area contributed by atoms with E-state index in [1.165, 1.54) is 16.7 Å². The highest BCUT2D eigenvalue weighted by Crippen LogP contribution is 2.47. The van der Waals surface area contributed by atoms with Gasteiger partial charge in [0.2, 0.25) is 11.8 Å². The van der Waals surface area contributed by atoms with E-state index in [0.29, 0.717) is 54.4 Å². The summed E-state index contributed by atoms with van der Waals surface area (Å²) in [7, 11) is 1.58. The van der Waals surface area contributed by atoms with Gasteiger partial charge in [-0.05, 0) is 116 Å². The van der Waals surface area contributed by atoms with Gasteiger partial charge in [-0.25, -0.2) is 0 Å². The summed E-state index contributed by atoms with van der Waals surface area (Å²) in [6.07, 6.45) is 16.0. The molecule has 3 heterocycles. The first-order valence-corrected chi connectivity index (χ1v) is 20.1. The lowest BCUT2D eigenvalue weighted by Crippen LogP contribution is -2.52. The van der Waals surface area contributed by atoms with Gasteiger partial charge in [-0.15, -0.1) is 0 Å². The molecule has 0 saturated carbocycles. The summed E-state index contributed by atoms with van der Waals surface area (Å²) in [4.78, 5) is 44.0. The lowest BCUT2D eigenvalue weighted by atomic mass is 9.66. The van der Waals surface area contributed by atoms with Crippen molar-refractivity contribution in [1.29, 1.82) is 0 Å². The van der Waals surface area contributed by atoms with E-state index in [2.05, 4.69) is 75.8 Å². The van der Waals surface area contributed by atoms with E-state index in [4.69, 9.17) is 9.47 Å². The summed E-state index contributed by atoms with van der Waals surface area (Å²) in [6, 6.07) is 18.0. The molecule has 4 atom stereocenters. The molecule has 55 heavy (non-hydrogen) atoms. The maximum Gasteiger partial charge on any atom is 0.258 e. The van der Waals surface area contributed by atoms with Crippen LogP contribution in [0.4, 0.5) is 5.69 Å². The topological polar surface area (TPSA) is 112 Å². The number of anilines is 1. The number of aryl methyl sites for hydroxylation is 1. The Hall–Kier alpha value is -5.09. The number of benzene rings is 3. The van der Waals surface area contributed by atoms with Crippen molar-refractivity contribution < 1.29 is 29.0 Å². The van der Waals surface area contributed by atoms with Crippen LogP contribution in [0.1, 0.15) is 83.5 Å². The fourth-order valence-corrected chi connectivity index (χ4v) is 9.44. The maximum absolute atomic E-state index is 13.4. The number of carbonyl (C=O) groups excluding carboxylic acids is 3. The second-order valence-corrected chi connectivity index (χ2v) is 15.7. The van der Waals surface area contributed by atoms with Crippen LogP contribution in [-0.2, 0) is 22.6 Å². The molecule has 2 fully saturated rings. The van der Waals surface area contributed by atoms with Crippen LogP contribution >= 0.6 is 0 Å². The zero-order valence-electron chi connectivity index (χ0n) is 31.8. The number of unbranched alkanes of at least 4 members (excludes halogenated alkanes) is 2. The standard InChI is InChI=1S/C45H52N4O6/c1-54-40-28-34(26-33-29-49(45(53)43(33)40)39-18-19-41(51)46-44(39)52)48-23-21-47(22-24-48)20-6-3-7-25-55-36-14-10-31(11-15-36)42-37(30-8-4-2-5-9-30)16-12-32-27-35(50)13-17-38(32)42/h2,4-5,8,10-11,13-15,17,26-28,30,37,39,42,50H,3,6-7,9,12,16,18-25,29H2,1H3,(H,46,51,52)/t30?,37-,39?,42+/m1/s1. The summed E-state index contributed by atoms with van der Waals surface area (Å²) in [5.41, 5.74) is 6.32. The third-order valence-electron chi connectivity index (χ3n) is 12.4. The van der Waals surface area contributed by atoms with E-state index in [1.807, 2.05) is 18.2 Å². The van der Waals surface area contributed by atoms with E-state index in [0.717, 1.165) is 88.2 Å². The monoisotopic (exact) mass is 744 g/mol. The van der Waals surface area contributed by atoms with Crippen LogP contribution in [-0.4, -0.2) is 85.1 Å². The highest BCUT2D eigenvalue weighted by atomic mass is 16.5. The van der Waals surface area contributed by atoms with Gasteiger partial charge in [-0.1, -0.05) is 42.5 Å². The molecule has 288 valence electrons. The van der Waals surface area contributed by atoms with Gasteiger partial charge >= 0.3 is 0 Å². The molecule has 10 heteroatoms. The number of rotatable bonds is 12. The lowest BCUT2D eigenvalue weighted by molar-refractivity contribution is -0.136. The number of phenolic OH excluding ortho intramolecular Hbond substituents is 1.